The number of fused-ring (bicyclic) bond motifs is 2. The molecule has 4 aromatic rings. The Balaban J connectivity index is 1.15. The first kappa shape index (κ1) is 56.7. The van der Waals surface area contributed by atoms with Crippen LogP contribution in [0.15, 0.2) is 73.1 Å². The summed E-state index contributed by atoms with van der Waals surface area (Å²) in [4.78, 5) is 31.4. The second-order valence-corrected chi connectivity index (χ2v) is 21.5. The Morgan fingerprint density at radius 2 is 1.44 bits per heavy atom. The molecule has 0 amide bonds. The fraction of sp³-hybridized carbons (Fsp3) is 0.611. The fourth-order valence-electron chi connectivity index (χ4n) is 8.88. The van der Waals surface area contributed by atoms with Gasteiger partial charge in [-0.3, -0.25) is 18.6 Å². The predicted molar refractivity (Wildman–Crippen MR) is 274 cm³/mol. The van der Waals surface area contributed by atoms with E-state index >= 15 is 4.57 Å². The van der Waals surface area contributed by atoms with Gasteiger partial charge in [0.2, 0.25) is 11.2 Å². The number of hydrogen-bond donors (Lipinski definition) is 1. The Morgan fingerprint density at radius 1 is 0.833 bits per heavy atom. The monoisotopic (exact) mass is 1040 g/mol. The average molecular weight is 1040 g/mol. The highest BCUT2D eigenvalue weighted by atomic mass is 35.5. The van der Waals surface area contributed by atoms with Crippen LogP contribution in [0.25, 0.3) is 5.52 Å². The summed E-state index contributed by atoms with van der Waals surface area (Å²) in [5, 5.41) is 15.5. The van der Waals surface area contributed by atoms with Crippen molar-refractivity contribution in [1.29, 1.82) is 5.26 Å². The molecule has 394 valence electrons. The van der Waals surface area contributed by atoms with Crippen LogP contribution in [0.3, 0.4) is 0 Å². The third kappa shape index (κ3) is 14.8. The number of halogens is 1. The summed E-state index contributed by atoms with van der Waals surface area (Å²) in [6.45, 7) is 9.16. The molecule has 3 heterocycles. The Bertz CT molecular complexity index is 2420. The number of carbonyl (C=O) groups is 2. The largest absolute Gasteiger partial charge is 0.530 e. The van der Waals surface area contributed by atoms with Crippen molar-refractivity contribution in [3.05, 3.63) is 89.3 Å². The summed E-state index contributed by atoms with van der Waals surface area (Å²) in [5.41, 5.74) is 3.30. The van der Waals surface area contributed by atoms with E-state index in [0.717, 1.165) is 24.8 Å². The van der Waals surface area contributed by atoms with Gasteiger partial charge in [0.05, 0.1) is 42.4 Å². The lowest BCUT2D eigenvalue weighted by Gasteiger charge is -2.35. The molecule has 1 saturated carbocycles. The molecule has 6 rings (SSSR count). The van der Waals surface area contributed by atoms with Gasteiger partial charge >= 0.3 is 19.8 Å². The van der Waals surface area contributed by atoms with Crippen LogP contribution in [-0.4, -0.2) is 76.4 Å². The number of anilines is 1. The Labute approximate surface area is 430 Å². The van der Waals surface area contributed by atoms with Crippen LogP contribution in [0, 0.1) is 23.2 Å². The summed E-state index contributed by atoms with van der Waals surface area (Å²) >= 11 is 6.55. The molecule has 2 fully saturated rings. The molecule has 2 N–H and O–H groups in total. The minimum atomic E-state index is -4.85. The van der Waals surface area contributed by atoms with Gasteiger partial charge in [0.1, 0.15) is 42.0 Å². The summed E-state index contributed by atoms with van der Waals surface area (Å²) in [6, 6.07) is 21.2. The first-order valence-electron chi connectivity index (χ1n) is 26.0. The Hall–Kier alpha value is -4.59. The molecule has 1 aliphatic carbocycles. The summed E-state index contributed by atoms with van der Waals surface area (Å²) in [7, 11) is -4.85. The minimum Gasteiger partial charge on any atom is -0.453 e. The zero-order valence-corrected chi connectivity index (χ0v) is 44.4. The van der Waals surface area contributed by atoms with Crippen LogP contribution in [0.5, 0.6) is 5.75 Å². The van der Waals surface area contributed by atoms with E-state index < -0.39 is 67.2 Å². The van der Waals surface area contributed by atoms with Crippen LogP contribution in [0.4, 0.5) is 5.82 Å². The molecule has 2 aromatic carbocycles. The Kier molecular flexibility index (Phi) is 21.8. The summed E-state index contributed by atoms with van der Waals surface area (Å²) in [5.74, 6) is -2.80. The predicted octanol–water partition coefficient (Wildman–Crippen LogP) is 12.1. The van der Waals surface area contributed by atoms with Crippen molar-refractivity contribution >= 4 is 42.7 Å². The molecular weight excluding hydrogens is 961 g/mol. The number of benzene rings is 2. The SMILES string of the molecule is CCCCCCCCCCCCCCCCCCOC[C@H](COP(=O)(Oc1ccccc1Cl)OC1[C@H]2O[C@@](C#N)(c3ccc4c(N)ncnn34)[C@H](OC(=O)C(C)C)[C@@]12OC(=O)C(C)C)OCc1ccccc1. The third-order valence-electron chi connectivity index (χ3n) is 13.1. The van der Waals surface area contributed by atoms with Gasteiger partial charge in [0.15, 0.2) is 11.9 Å². The van der Waals surface area contributed by atoms with E-state index in [9.17, 15) is 14.9 Å². The highest BCUT2D eigenvalue weighted by Gasteiger charge is 2.88. The van der Waals surface area contributed by atoms with E-state index in [2.05, 4.69) is 23.1 Å². The average Bonchev–Trinajstić information content (AvgIpc) is 3.59. The number of unbranched alkanes of at least 4 members (excludes halogenated alkanes) is 15. The number of ether oxygens (including phenoxy) is 5. The minimum absolute atomic E-state index is 0.0324. The molecule has 1 saturated heterocycles. The number of rotatable bonds is 34. The maximum absolute atomic E-state index is 15.3. The first-order valence-corrected chi connectivity index (χ1v) is 27.8. The van der Waals surface area contributed by atoms with Crippen LogP contribution >= 0.6 is 19.4 Å². The van der Waals surface area contributed by atoms with Crippen molar-refractivity contribution in [3.63, 3.8) is 0 Å². The third-order valence-corrected chi connectivity index (χ3v) is 14.8. The van der Waals surface area contributed by atoms with Crippen molar-refractivity contribution < 1.29 is 51.4 Å². The smallest absolute Gasteiger partial charge is 0.453 e. The number of nitrogens with two attached hydrogens (primary N) is 1. The van der Waals surface area contributed by atoms with Crippen LogP contribution in [0.1, 0.15) is 149 Å². The molecule has 2 aliphatic rings. The normalized spacial score (nSPS) is 21.6. The van der Waals surface area contributed by atoms with Crippen molar-refractivity contribution in [2.75, 3.05) is 25.6 Å². The van der Waals surface area contributed by atoms with E-state index in [1.807, 2.05) is 30.3 Å². The number of esters is 2. The lowest BCUT2D eigenvalue weighted by Crippen LogP contribution is -2.52. The van der Waals surface area contributed by atoms with Gasteiger partial charge in [-0.2, -0.15) is 10.4 Å². The number of phosphoric acid groups is 1. The molecule has 0 radical (unpaired) electrons. The molecule has 72 heavy (non-hydrogen) atoms. The van der Waals surface area contributed by atoms with Crippen molar-refractivity contribution in [3.8, 4) is 11.8 Å². The van der Waals surface area contributed by atoms with E-state index in [1.54, 1.807) is 52.0 Å². The van der Waals surface area contributed by atoms with Gasteiger partial charge < -0.3 is 33.9 Å². The fourth-order valence-corrected chi connectivity index (χ4v) is 10.6. The molecule has 2 unspecified atom stereocenters. The van der Waals surface area contributed by atoms with Gasteiger partial charge in [-0.05, 0) is 36.2 Å². The first-order chi connectivity index (χ1) is 34.8. The standard InChI is InChI=1S/C54H75ClN5O11P/c1-6-7-8-9-10-11-12-13-14-15-16-17-18-19-20-26-33-64-35-42(65-34-41-27-22-21-23-28-41)36-66-72(63,70-45-30-25-24-29-43(45)55)71-48-47-54(48,69-51(62)40(4)5)52(67-50(61)39(2)3)53(37-56,68-47)46-32-31-44-49(57)58-38-59-60(44)46/h21-25,27-32,38-40,42,47-48,52H,6-20,26,33-36H2,1-5H3,(H2,57,58,59)/t42-,47-,48?,52+,53+,54+,72?/m1/s1. The van der Waals surface area contributed by atoms with Gasteiger partial charge in [0.25, 0.3) is 0 Å². The maximum atomic E-state index is 15.3. The number of para-hydroxylation sites is 1. The topological polar surface area (TPSA) is 205 Å². The van der Waals surface area contributed by atoms with Gasteiger partial charge in [-0.25, -0.2) is 14.1 Å². The van der Waals surface area contributed by atoms with E-state index in [1.165, 1.54) is 106 Å². The van der Waals surface area contributed by atoms with Crippen molar-refractivity contribution in [2.45, 2.75) is 180 Å². The molecule has 18 heteroatoms. The number of phosphoric ester groups is 1. The molecular formula is C54H75ClN5O11P. The van der Waals surface area contributed by atoms with Gasteiger partial charge in [0, 0.05) is 6.61 Å². The molecule has 0 bridgehead atoms. The second-order valence-electron chi connectivity index (χ2n) is 19.5. The molecule has 7 atom stereocenters. The highest BCUT2D eigenvalue weighted by molar-refractivity contribution is 7.49. The molecule has 0 spiro atoms. The van der Waals surface area contributed by atoms with Crippen LogP contribution < -0.4 is 10.3 Å². The van der Waals surface area contributed by atoms with Gasteiger partial charge in [-0.1, -0.05) is 185 Å². The number of aromatic nitrogens is 3. The van der Waals surface area contributed by atoms with Crippen molar-refractivity contribution in [1.82, 2.24) is 14.6 Å². The lowest BCUT2D eigenvalue weighted by atomic mass is 9.89. The number of nitrogens with zero attached hydrogens (tertiary/aromatic N) is 4. The van der Waals surface area contributed by atoms with E-state index in [-0.39, 0.29) is 42.1 Å². The van der Waals surface area contributed by atoms with Gasteiger partial charge in [-0.15, -0.1) is 0 Å². The van der Waals surface area contributed by atoms with Crippen LogP contribution in [0.2, 0.25) is 5.02 Å². The molecule has 16 nitrogen and oxygen atoms in total. The highest BCUT2D eigenvalue weighted by Crippen LogP contribution is 2.67. The molecule has 2 aromatic heterocycles. The maximum Gasteiger partial charge on any atom is 0.530 e. The number of hydrogen-bond acceptors (Lipinski definition) is 15. The van der Waals surface area contributed by atoms with Crippen LogP contribution in [-0.2, 0) is 59.1 Å². The number of nitrogen functional groups attached to an aromatic ring is 1. The quantitative estimate of drug-likeness (QED) is 0.0262. The zero-order chi connectivity index (χ0) is 51.6. The van der Waals surface area contributed by atoms with E-state index in [0.29, 0.717) is 12.1 Å². The second kappa shape index (κ2) is 27.6. The zero-order valence-electron chi connectivity index (χ0n) is 42.7. The lowest BCUT2D eigenvalue weighted by molar-refractivity contribution is -0.188. The number of nitriles is 1. The summed E-state index contributed by atoms with van der Waals surface area (Å²) in [6.07, 6.45) is 16.2. The number of carbonyl (C=O) groups excluding carboxylic acids is 2. The van der Waals surface area contributed by atoms with E-state index in [4.69, 9.17) is 54.6 Å². The molecule has 1 aliphatic heterocycles. The summed E-state index contributed by atoms with van der Waals surface area (Å²) < 4.78 is 66.6. The van der Waals surface area contributed by atoms with Crippen molar-refractivity contribution in [2.24, 2.45) is 11.8 Å². The Morgan fingerprint density at radius 3 is 2.06 bits per heavy atom.